The van der Waals surface area contributed by atoms with Crippen molar-refractivity contribution in [2.24, 2.45) is 5.92 Å². The largest absolute Gasteiger partial charge is 0.487 e. The van der Waals surface area contributed by atoms with E-state index in [1.54, 1.807) is 11.3 Å². The minimum atomic E-state index is 0.532. The molecule has 3 nitrogen and oxygen atoms in total. The quantitative estimate of drug-likeness (QED) is 0.837. The topological polar surface area (TPSA) is 34.1 Å². The molecule has 0 saturated heterocycles. The zero-order valence-electron chi connectivity index (χ0n) is 13.3. The molecule has 0 fully saturated rings. The van der Waals surface area contributed by atoms with Crippen molar-refractivity contribution in [3.8, 4) is 5.75 Å². The number of nitrogens with zero attached hydrogens (tertiary/aromatic N) is 1. The fraction of sp³-hybridized carbons (Fsp3) is 0.471. The Bertz CT molecular complexity index is 578. The number of benzene rings is 1. The molecule has 21 heavy (non-hydrogen) atoms. The summed E-state index contributed by atoms with van der Waals surface area (Å²) in [6, 6.07) is 6.24. The Kier molecular flexibility index (Phi) is 5.76. The highest BCUT2D eigenvalue weighted by molar-refractivity contribution is 7.09. The Morgan fingerprint density at radius 1 is 1.29 bits per heavy atom. The third-order valence-corrected chi connectivity index (χ3v) is 4.03. The van der Waals surface area contributed by atoms with Crippen molar-refractivity contribution in [2.45, 2.75) is 40.8 Å². The third-order valence-electron chi connectivity index (χ3n) is 3.13. The number of rotatable bonds is 7. The number of hydrogen-bond acceptors (Lipinski definition) is 4. The van der Waals surface area contributed by atoms with Gasteiger partial charge in [0.2, 0.25) is 0 Å². The molecule has 0 aliphatic heterocycles. The first kappa shape index (κ1) is 16.0. The fourth-order valence-corrected chi connectivity index (χ4v) is 2.83. The molecule has 0 spiro atoms. The average molecular weight is 304 g/mol. The van der Waals surface area contributed by atoms with Gasteiger partial charge in [0.1, 0.15) is 17.4 Å². The van der Waals surface area contributed by atoms with Crippen LogP contribution in [0.2, 0.25) is 0 Å². The molecule has 2 aromatic rings. The van der Waals surface area contributed by atoms with E-state index in [2.05, 4.69) is 55.5 Å². The lowest BCUT2D eigenvalue weighted by molar-refractivity contribution is 0.299. The molecule has 1 N–H and O–H groups in total. The van der Waals surface area contributed by atoms with Crippen molar-refractivity contribution in [1.29, 1.82) is 0 Å². The van der Waals surface area contributed by atoms with Gasteiger partial charge in [0, 0.05) is 11.9 Å². The van der Waals surface area contributed by atoms with Gasteiger partial charge in [-0.2, -0.15) is 0 Å². The second-order valence-corrected chi connectivity index (χ2v) is 6.76. The van der Waals surface area contributed by atoms with Crippen LogP contribution in [0.1, 0.15) is 35.7 Å². The lowest BCUT2D eigenvalue weighted by Crippen LogP contribution is -2.18. The summed E-state index contributed by atoms with van der Waals surface area (Å²) in [6.07, 6.45) is 0. The Balaban J connectivity index is 1.85. The summed E-state index contributed by atoms with van der Waals surface area (Å²) in [5, 5.41) is 6.61. The SMILES string of the molecule is Cc1ccc(OCc2csc(CNCC(C)C)n2)c(C)c1. The fourth-order valence-electron chi connectivity index (χ4n) is 2.08. The highest BCUT2D eigenvalue weighted by Crippen LogP contribution is 2.20. The van der Waals surface area contributed by atoms with Gasteiger partial charge in [-0.25, -0.2) is 4.98 Å². The smallest absolute Gasteiger partial charge is 0.131 e. The van der Waals surface area contributed by atoms with Gasteiger partial charge in [-0.05, 0) is 37.9 Å². The molecule has 0 amide bonds. The summed E-state index contributed by atoms with van der Waals surface area (Å²) >= 11 is 1.69. The lowest BCUT2D eigenvalue weighted by Gasteiger charge is -2.08. The second-order valence-electron chi connectivity index (χ2n) is 5.81. The van der Waals surface area contributed by atoms with E-state index in [1.807, 2.05) is 6.07 Å². The van der Waals surface area contributed by atoms with E-state index in [0.717, 1.165) is 29.5 Å². The molecule has 1 heterocycles. The van der Waals surface area contributed by atoms with Crippen molar-refractivity contribution < 1.29 is 4.74 Å². The van der Waals surface area contributed by atoms with Crippen molar-refractivity contribution in [1.82, 2.24) is 10.3 Å². The van der Waals surface area contributed by atoms with Crippen LogP contribution in [0.15, 0.2) is 23.6 Å². The van der Waals surface area contributed by atoms with Crippen LogP contribution in [-0.4, -0.2) is 11.5 Å². The van der Waals surface area contributed by atoms with Gasteiger partial charge < -0.3 is 10.1 Å². The number of aryl methyl sites for hydroxylation is 2. The van der Waals surface area contributed by atoms with Gasteiger partial charge in [-0.15, -0.1) is 11.3 Å². The summed E-state index contributed by atoms with van der Waals surface area (Å²) in [4.78, 5) is 4.60. The van der Waals surface area contributed by atoms with E-state index in [-0.39, 0.29) is 0 Å². The predicted molar refractivity (Wildman–Crippen MR) is 88.9 cm³/mol. The molecule has 0 aliphatic carbocycles. The minimum Gasteiger partial charge on any atom is -0.487 e. The minimum absolute atomic E-state index is 0.532. The first-order chi connectivity index (χ1) is 10.0. The van der Waals surface area contributed by atoms with E-state index in [0.29, 0.717) is 12.5 Å². The zero-order chi connectivity index (χ0) is 15.2. The van der Waals surface area contributed by atoms with Crippen LogP contribution in [0.4, 0.5) is 0 Å². The second kappa shape index (κ2) is 7.57. The normalized spacial score (nSPS) is 11.1. The molecule has 0 radical (unpaired) electrons. The standard InChI is InChI=1S/C17H24N2OS/c1-12(2)8-18-9-17-19-15(11-21-17)10-20-16-6-5-13(3)7-14(16)4/h5-7,11-12,18H,8-10H2,1-4H3. The lowest BCUT2D eigenvalue weighted by atomic mass is 10.1. The van der Waals surface area contributed by atoms with Crippen LogP contribution in [0.5, 0.6) is 5.75 Å². The van der Waals surface area contributed by atoms with Crippen LogP contribution >= 0.6 is 11.3 Å². The van der Waals surface area contributed by atoms with Crippen LogP contribution in [0.3, 0.4) is 0 Å². The van der Waals surface area contributed by atoms with E-state index in [1.165, 1.54) is 11.1 Å². The van der Waals surface area contributed by atoms with Crippen LogP contribution < -0.4 is 10.1 Å². The molecular formula is C17H24N2OS. The van der Waals surface area contributed by atoms with E-state index < -0.39 is 0 Å². The molecular weight excluding hydrogens is 280 g/mol. The molecule has 2 rings (SSSR count). The Morgan fingerprint density at radius 2 is 2.10 bits per heavy atom. The summed E-state index contributed by atoms with van der Waals surface area (Å²) in [7, 11) is 0. The molecule has 0 unspecified atom stereocenters. The molecule has 0 saturated carbocycles. The monoisotopic (exact) mass is 304 g/mol. The van der Waals surface area contributed by atoms with Gasteiger partial charge in [0.15, 0.2) is 0 Å². The highest BCUT2D eigenvalue weighted by atomic mass is 32.1. The van der Waals surface area contributed by atoms with Crippen molar-refractivity contribution in [2.75, 3.05) is 6.54 Å². The Labute approximate surface area is 131 Å². The van der Waals surface area contributed by atoms with E-state index in [4.69, 9.17) is 4.74 Å². The van der Waals surface area contributed by atoms with Gasteiger partial charge in [-0.3, -0.25) is 0 Å². The van der Waals surface area contributed by atoms with Crippen LogP contribution in [-0.2, 0) is 13.2 Å². The summed E-state index contributed by atoms with van der Waals surface area (Å²) < 4.78 is 5.86. The maximum absolute atomic E-state index is 5.86. The molecule has 1 aromatic carbocycles. The van der Waals surface area contributed by atoms with Crippen molar-refractivity contribution >= 4 is 11.3 Å². The summed E-state index contributed by atoms with van der Waals surface area (Å²) in [5.41, 5.74) is 3.43. The van der Waals surface area contributed by atoms with Gasteiger partial charge in [0.05, 0.1) is 5.69 Å². The van der Waals surface area contributed by atoms with Crippen LogP contribution in [0, 0.1) is 19.8 Å². The Hall–Kier alpha value is -1.39. The predicted octanol–water partition coefficient (Wildman–Crippen LogP) is 4.08. The molecule has 114 valence electrons. The number of ether oxygens (including phenoxy) is 1. The number of nitrogens with one attached hydrogen (secondary N) is 1. The third kappa shape index (κ3) is 5.14. The summed E-state index contributed by atoms with van der Waals surface area (Å²) in [6.45, 7) is 11.0. The van der Waals surface area contributed by atoms with Gasteiger partial charge >= 0.3 is 0 Å². The summed E-state index contributed by atoms with van der Waals surface area (Å²) in [5.74, 6) is 1.60. The Morgan fingerprint density at radius 3 is 2.81 bits per heavy atom. The van der Waals surface area contributed by atoms with Gasteiger partial charge in [0.25, 0.3) is 0 Å². The average Bonchev–Trinajstić information content (AvgIpc) is 2.85. The number of aromatic nitrogens is 1. The highest BCUT2D eigenvalue weighted by Gasteiger charge is 2.05. The first-order valence-corrected chi connectivity index (χ1v) is 8.26. The molecule has 4 heteroatoms. The molecule has 0 aliphatic rings. The first-order valence-electron chi connectivity index (χ1n) is 7.38. The van der Waals surface area contributed by atoms with E-state index in [9.17, 15) is 0 Å². The molecule has 0 bridgehead atoms. The maximum atomic E-state index is 5.86. The van der Waals surface area contributed by atoms with Crippen molar-refractivity contribution in [3.63, 3.8) is 0 Å². The van der Waals surface area contributed by atoms with Crippen LogP contribution in [0.25, 0.3) is 0 Å². The number of hydrogen-bond donors (Lipinski definition) is 1. The van der Waals surface area contributed by atoms with Crippen molar-refractivity contribution in [3.05, 3.63) is 45.4 Å². The maximum Gasteiger partial charge on any atom is 0.131 e. The van der Waals surface area contributed by atoms with E-state index >= 15 is 0 Å². The number of thiazole rings is 1. The molecule has 1 aromatic heterocycles. The van der Waals surface area contributed by atoms with Gasteiger partial charge in [-0.1, -0.05) is 31.5 Å². The zero-order valence-corrected chi connectivity index (χ0v) is 14.1. The molecule has 0 atom stereocenters.